The lowest BCUT2D eigenvalue weighted by atomic mass is 9.64. The number of hydrogen-bond donors (Lipinski definition) is 0. The van der Waals surface area contributed by atoms with Gasteiger partial charge in [0, 0.05) is 0 Å². The Labute approximate surface area is 290 Å². The molecule has 0 bridgehead atoms. The Bertz CT molecular complexity index is 2620. The third-order valence-corrected chi connectivity index (χ3v) is 15.3. The summed E-state index contributed by atoms with van der Waals surface area (Å²) >= 11 is 0. The van der Waals surface area contributed by atoms with Gasteiger partial charge in [-0.15, -0.1) is 0 Å². The highest BCUT2D eigenvalue weighted by Gasteiger charge is 2.57. The summed E-state index contributed by atoms with van der Waals surface area (Å²) < 4.78 is 57.3. The van der Waals surface area contributed by atoms with Gasteiger partial charge in [0.1, 0.15) is 0 Å². The van der Waals surface area contributed by atoms with Crippen LogP contribution in [-0.4, -0.2) is 16.8 Å². The van der Waals surface area contributed by atoms with Gasteiger partial charge in [0.25, 0.3) is 0 Å². The predicted octanol–water partition coefficient (Wildman–Crippen LogP) is 8.71. The van der Waals surface area contributed by atoms with Crippen LogP contribution in [0.5, 0.6) is 0 Å². The molecule has 4 nitrogen and oxygen atoms in total. The Morgan fingerprint density at radius 3 is 0.900 bits per heavy atom. The molecule has 50 heavy (non-hydrogen) atoms. The Morgan fingerprint density at radius 2 is 0.560 bits per heavy atom. The van der Waals surface area contributed by atoms with E-state index in [0.717, 1.165) is 66.8 Å². The highest BCUT2D eigenvalue weighted by molar-refractivity contribution is 7.92. The quantitative estimate of drug-likeness (QED) is 0.161. The van der Waals surface area contributed by atoms with E-state index in [9.17, 15) is 16.8 Å². The first-order valence-electron chi connectivity index (χ1n) is 16.6. The van der Waals surface area contributed by atoms with Gasteiger partial charge in [-0.2, -0.15) is 0 Å². The van der Waals surface area contributed by atoms with Gasteiger partial charge in [0.05, 0.1) is 30.4 Å². The van der Waals surface area contributed by atoms with Gasteiger partial charge < -0.3 is 0 Å². The van der Waals surface area contributed by atoms with E-state index in [1.807, 2.05) is 72.8 Å². The molecule has 0 unspecified atom stereocenters. The summed E-state index contributed by atoms with van der Waals surface area (Å²) in [6.07, 6.45) is 0. The molecule has 0 aromatic heterocycles. The molecular weight excluding hydrogens is 657 g/mol. The van der Waals surface area contributed by atoms with E-state index in [4.69, 9.17) is 0 Å². The average Bonchev–Trinajstić information content (AvgIpc) is 3.61. The lowest BCUT2D eigenvalue weighted by Gasteiger charge is -2.41. The molecule has 0 radical (unpaired) electrons. The summed E-state index contributed by atoms with van der Waals surface area (Å²) in [6, 6.07) is 50.9. The molecule has 0 N–H and O–H groups in total. The second-order valence-corrected chi connectivity index (χ2v) is 17.3. The topological polar surface area (TPSA) is 68.3 Å². The summed E-state index contributed by atoms with van der Waals surface area (Å²) in [7, 11) is -7.62. The van der Waals surface area contributed by atoms with Gasteiger partial charge in [-0.05, 0) is 97.1 Å². The van der Waals surface area contributed by atoms with E-state index in [0.29, 0.717) is 19.6 Å². The standard InChI is InChI=1S/C44H26O4S2/c45-49(46)39-21-9-5-17-33(39)43(34-18-6-10-22-40(34)49)31-15-3-1-13-27(31)29-25-30-28-14-2-4-16-32(28)44(38(30)26-37(29)43)35-19-7-11-23-41(35)50(47,48)42-24-12-8-20-36(42)44/h1-26H. The van der Waals surface area contributed by atoms with Crippen LogP contribution in [0.3, 0.4) is 0 Å². The Kier molecular flexibility index (Phi) is 5.18. The molecule has 0 amide bonds. The van der Waals surface area contributed by atoms with E-state index >= 15 is 0 Å². The third-order valence-electron chi connectivity index (χ3n) is 11.5. The van der Waals surface area contributed by atoms with Crippen molar-refractivity contribution in [2.24, 2.45) is 0 Å². The molecule has 0 fully saturated rings. The van der Waals surface area contributed by atoms with Gasteiger partial charge in [0.15, 0.2) is 0 Å². The van der Waals surface area contributed by atoms with Crippen molar-refractivity contribution in [3.05, 3.63) is 202 Å². The smallest absolute Gasteiger partial charge is 0.207 e. The zero-order chi connectivity index (χ0) is 33.6. The Hall–Kier alpha value is -5.56. The molecule has 7 aromatic rings. The number of sulfone groups is 2. The minimum atomic E-state index is -3.81. The summed E-state index contributed by atoms with van der Waals surface area (Å²) in [4.78, 5) is 1.22. The number of benzene rings is 7. The fourth-order valence-corrected chi connectivity index (χ4v) is 13.3. The van der Waals surface area contributed by atoms with Crippen molar-refractivity contribution < 1.29 is 16.8 Å². The Morgan fingerprint density at radius 1 is 0.280 bits per heavy atom. The van der Waals surface area contributed by atoms with E-state index in [2.05, 4.69) is 36.4 Å². The van der Waals surface area contributed by atoms with E-state index in [-0.39, 0.29) is 0 Å². The molecular formula is C44H26O4S2. The second-order valence-electron chi connectivity index (χ2n) is 13.5. The highest BCUT2D eigenvalue weighted by atomic mass is 32.2. The number of fused-ring (bicyclic) bond motifs is 18. The van der Waals surface area contributed by atoms with Crippen LogP contribution in [0.1, 0.15) is 44.5 Å². The first-order valence-corrected chi connectivity index (χ1v) is 19.6. The van der Waals surface area contributed by atoms with Crippen LogP contribution in [0.4, 0.5) is 0 Å². The summed E-state index contributed by atoms with van der Waals surface area (Å²) in [5.74, 6) is 0. The maximum atomic E-state index is 14.3. The minimum absolute atomic E-state index is 0.305. The zero-order valence-electron chi connectivity index (χ0n) is 26.5. The highest BCUT2D eigenvalue weighted by Crippen LogP contribution is 2.66. The largest absolute Gasteiger partial charge is 0.218 e. The average molecular weight is 683 g/mol. The normalized spacial score (nSPS) is 17.8. The van der Waals surface area contributed by atoms with Crippen LogP contribution in [0.2, 0.25) is 0 Å². The molecule has 0 saturated heterocycles. The van der Waals surface area contributed by atoms with E-state index in [1.54, 1.807) is 48.5 Å². The van der Waals surface area contributed by atoms with Crippen molar-refractivity contribution in [2.75, 3.05) is 0 Å². The van der Waals surface area contributed by atoms with E-state index in [1.165, 1.54) is 0 Å². The van der Waals surface area contributed by atoms with Gasteiger partial charge in [-0.3, -0.25) is 0 Å². The van der Waals surface area contributed by atoms with Crippen LogP contribution in [0.25, 0.3) is 22.3 Å². The van der Waals surface area contributed by atoms with Gasteiger partial charge >= 0.3 is 0 Å². The van der Waals surface area contributed by atoms with Crippen LogP contribution >= 0.6 is 0 Å². The number of hydrogen-bond acceptors (Lipinski definition) is 4. The first kappa shape index (κ1) is 28.3. The van der Waals surface area contributed by atoms with Gasteiger partial charge in [0.2, 0.25) is 19.7 Å². The molecule has 0 saturated carbocycles. The van der Waals surface area contributed by atoms with Crippen LogP contribution in [-0.2, 0) is 30.5 Å². The summed E-state index contributed by atoms with van der Waals surface area (Å²) in [5, 5.41) is 0. The minimum Gasteiger partial charge on any atom is -0.218 e. The van der Waals surface area contributed by atoms with Crippen molar-refractivity contribution in [1.82, 2.24) is 0 Å². The monoisotopic (exact) mass is 682 g/mol. The lowest BCUT2D eigenvalue weighted by molar-refractivity contribution is 0.580. The molecule has 11 rings (SSSR count). The molecule has 238 valence electrons. The van der Waals surface area contributed by atoms with Gasteiger partial charge in [-0.25, -0.2) is 16.8 Å². The molecule has 2 heterocycles. The summed E-state index contributed by atoms with van der Waals surface area (Å²) in [6.45, 7) is 0. The van der Waals surface area contributed by atoms with Crippen molar-refractivity contribution in [1.29, 1.82) is 0 Å². The number of rotatable bonds is 0. The van der Waals surface area contributed by atoms with Crippen LogP contribution in [0, 0.1) is 0 Å². The fraction of sp³-hybridized carbons (Fsp3) is 0.0455. The predicted molar refractivity (Wildman–Crippen MR) is 192 cm³/mol. The first-order chi connectivity index (χ1) is 24.3. The molecule has 0 atom stereocenters. The van der Waals surface area contributed by atoms with Crippen LogP contribution in [0.15, 0.2) is 177 Å². The van der Waals surface area contributed by atoms with Crippen molar-refractivity contribution in [3.63, 3.8) is 0 Å². The lowest BCUT2D eigenvalue weighted by Crippen LogP contribution is -2.37. The third kappa shape index (κ3) is 2.98. The molecule has 4 aliphatic rings. The van der Waals surface area contributed by atoms with Crippen molar-refractivity contribution in [2.45, 2.75) is 30.4 Å². The fourth-order valence-electron chi connectivity index (χ4n) is 9.78. The SMILES string of the molecule is O=S1(=O)c2ccccc2C2(c3ccccc3-c3cc4c(cc32)C2(c3ccccc3-4)c3ccccc3S(=O)(=O)c3ccccc32)c2ccccc21. The maximum Gasteiger partial charge on any atom is 0.207 e. The van der Waals surface area contributed by atoms with E-state index < -0.39 is 30.5 Å². The van der Waals surface area contributed by atoms with Crippen molar-refractivity contribution >= 4 is 19.7 Å². The molecule has 2 aliphatic carbocycles. The Balaban J connectivity index is 1.36. The second kappa shape index (κ2) is 9.16. The molecule has 7 aromatic carbocycles. The molecule has 6 heteroatoms. The molecule has 2 aliphatic heterocycles. The maximum absolute atomic E-state index is 14.3. The van der Waals surface area contributed by atoms with Crippen molar-refractivity contribution in [3.8, 4) is 22.3 Å². The summed E-state index contributed by atoms with van der Waals surface area (Å²) in [5.41, 5.74) is 9.26. The van der Waals surface area contributed by atoms with Crippen LogP contribution < -0.4 is 0 Å². The van der Waals surface area contributed by atoms with Gasteiger partial charge in [-0.1, -0.05) is 127 Å². The zero-order valence-corrected chi connectivity index (χ0v) is 28.1. The molecule has 2 spiro atoms.